The molecule has 4 rings (SSSR count). The first-order chi connectivity index (χ1) is 15.8. The number of ether oxygens (including phenoxy) is 1. The zero-order valence-electron chi connectivity index (χ0n) is 18.7. The molecule has 0 saturated heterocycles. The highest BCUT2D eigenvalue weighted by Crippen LogP contribution is 2.28. The summed E-state index contributed by atoms with van der Waals surface area (Å²) in [6.45, 7) is 7.90. The monoisotopic (exact) mass is 480 g/mol. The first-order valence-corrected chi connectivity index (χ1v) is 11.8. The summed E-state index contributed by atoms with van der Waals surface area (Å²) < 4.78 is 7.39. The molecule has 4 aromatic rings. The van der Waals surface area contributed by atoms with Gasteiger partial charge in [-0.3, -0.25) is 10.1 Å². The molecule has 2 aromatic carbocycles. The van der Waals surface area contributed by atoms with Crippen molar-refractivity contribution in [1.29, 1.82) is 0 Å². The van der Waals surface area contributed by atoms with Gasteiger partial charge in [0.1, 0.15) is 10.8 Å². The average molecular weight is 481 g/mol. The van der Waals surface area contributed by atoms with Crippen LogP contribution in [0.2, 0.25) is 0 Å². The number of anilines is 1. The topological polar surface area (TPSA) is 93.4 Å². The van der Waals surface area contributed by atoms with Gasteiger partial charge in [0, 0.05) is 23.2 Å². The van der Waals surface area contributed by atoms with Gasteiger partial charge in [-0.05, 0) is 81.0 Å². The van der Waals surface area contributed by atoms with Crippen LogP contribution in [0.3, 0.4) is 0 Å². The Morgan fingerprint density at radius 2 is 1.94 bits per heavy atom. The molecule has 2 heterocycles. The quantitative estimate of drug-likeness (QED) is 0.388. The van der Waals surface area contributed by atoms with E-state index in [0.29, 0.717) is 11.3 Å². The van der Waals surface area contributed by atoms with E-state index >= 15 is 0 Å². The van der Waals surface area contributed by atoms with Crippen molar-refractivity contribution in [3.8, 4) is 16.3 Å². The summed E-state index contributed by atoms with van der Waals surface area (Å²) in [6, 6.07) is 12.9. The Bertz CT molecular complexity index is 1310. The number of hydrogen-bond donors (Lipinski definition) is 2. The molecule has 1 amide bonds. The van der Waals surface area contributed by atoms with Gasteiger partial charge in [-0.25, -0.2) is 0 Å². The van der Waals surface area contributed by atoms with E-state index < -0.39 is 0 Å². The molecule has 0 aliphatic rings. The number of rotatable bonds is 6. The van der Waals surface area contributed by atoms with Gasteiger partial charge in [-0.1, -0.05) is 18.3 Å². The molecule has 10 heteroatoms. The van der Waals surface area contributed by atoms with Gasteiger partial charge in [0.05, 0.1) is 6.10 Å². The lowest BCUT2D eigenvalue weighted by molar-refractivity contribution is 0.0977. The fourth-order valence-electron chi connectivity index (χ4n) is 3.22. The predicted molar refractivity (Wildman–Crippen MR) is 134 cm³/mol. The molecule has 0 unspecified atom stereocenters. The van der Waals surface area contributed by atoms with Crippen molar-refractivity contribution in [1.82, 2.24) is 25.1 Å². The van der Waals surface area contributed by atoms with Crippen LogP contribution in [0.4, 0.5) is 5.69 Å². The number of nitrogens with one attached hydrogen (secondary N) is 2. The molecule has 0 atom stereocenters. The van der Waals surface area contributed by atoms with E-state index in [9.17, 15) is 4.79 Å². The minimum absolute atomic E-state index is 0.0731. The van der Waals surface area contributed by atoms with E-state index in [2.05, 4.69) is 25.9 Å². The summed E-state index contributed by atoms with van der Waals surface area (Å²) in [5.74, 6) is 1.27. The lowest BCUT2D eigenvalue weighted by Gasteiger charge is -2.13. The lowest BCUT2D eigenvalue weighted by Crippen LogP contribution is -2.34. The van der Waals surface area contributed by atoms with E-state index in [1.165, 1.54) is 11.3 Å². The van der Waals surface area contributed by atoms with Gasteiger partial charge in [0.2, 0.25) is 4.96 Å². The number of hydrogen-bond acceptors (Lipinski definition) is 7. The van der Waals surface area contributed by atoms with Crippen LogP contribution >= 0.6 is 23.6 Å². The highest BCUT2D eigenvalue weighted by Gasteiger charge is 2.14. The third kappa shape index (κ3) is 5.18. The molecular weight excluding hydrogens is 456 g/mol. The van der Waals surface area contributed by atoms with Crippen molar-refractivity contribution >= 4 is 45.2 Å². The number of amides is 1. The molecule has 33 heavy (non-hydrogen) atoms. The largest absolute Gasteiger partial charge is 0.491 e. The Labute approximate surface area is 201 Å². The number of carbonyl (C=O) groups is 1. The van der Waals surface area contributed by atoms with Crippen molar-refractivity contribution < 1.29 is 9.53 Å². The molecule has 170 valence electrons. The van der Waals surface area contributed by atoms with Crippen molar-refractivity contribution in [3.05, 3.63) is 59.4 Å². The summed E-state index contributed by atoms with van der Waals surface area (Å²) in [6.07, 6.45) is 0.842. The van der Waals surface area contributed by atoms with Gasteiger partial charge in [0.15, 0.2) is 10.9 Å². The molecule has 0 aliphatic heterocycles. The molecule has 0 aliphatic carbocycles. The van der Waals surface area contributed by atoms with Crippen LogP contribution in [0.5, 0.6) is 5.75 Å². The average Bonchev–Trinajstić information content (AvgIpc) is 3.36. The maximum atomic E-state index is 12.5. The molecule has 8 nitrogen and oxygen atoms in total. The molecule has 0 saturated carbocycles. The van der Waals surface area contributed by atoms with Crippen molar-refractivity contribution in [2.24, 2.45) is 0 Å². The molecule has 0 radical (unpaired) electrons. The first kappa shape index (κ1) is 22.8. The minimum atomic E-state index is -0.288. The Hall–Kier alpha value is -3.37. The van der Waals surface area contributed by atoms with Crippen LogP contribution in [0.1, 0.15) is 42.5 Å². The number of thiocarbonyl (C=S) groups is 1. The SMILES string of the molecule is CCc1nnc2sc(-c3ccc(NC(=S)NC(=O)c4ccc(OC(C)C)cc4)c(C)c3)nn12. The van der Waals surface area contributed by atoms with E-state index in [1.807, 2.05) is 45.9 Å². The van der Waals surface area contributed by atoms with E-state index in [1.54, 1.807) is 28.8 Å². The standard InChI is InChI=1S/C23H24N6O2S2/c1-5-19-26-27-23-29(19)28-21(33-23)16-8-11-18(14(4)12-16)24-22(32)25-20(30)15-6-9-17(10-7-15)31-13(2)3/h6-13H,5H2,1-4H3,(H2,24,25,30,32). The molecule has 0 spiro atoms. The fourth-order valence-corrected chi connectivity index (χ4v) is 4.27. The number of aromatic nitrogens is 4. The van der Waals surface area contributed by atoms with Gasteiger partial charge in [-0.2, -0.15) is 9.61 Å². The maximum absolute atomic E-state index is 12.5. The van der Waals surface area contributed by atoms with E-state index in [0.717, 1.165) is 39.0 Å². The number of carbonyl (C=O) groups excluding carboxylic acids is 1. The summed E-state index contributed by atoms with van der Waals surface area (Å²) >= 11 is 6.84. The van der Waals surface area contributed by atoms with Gasteiger partial charge in [-0.15, -0.1) is 10.2 Å². The molecular formula is C23H24N6O2S2. The number of benzene rings is 2. The Balaban J connectivity index is 1.41. The number of nitrogens with zero attached hydrogens (tertiary/aromatic N) is 4. The lowest BCUT2D eigenvalue weighted by atomic mass is 10.1. The van der Waals surface area contributed by atoms with Gasteiger partial charge >= 0.3 is 0 Å². The number of fused-ring (bicyclic) bond motifs is 1. The smallest absolute Gasteiger partial charge is 0.257 e. The Kier molecular flexibility index (Phi) is 6.66. The van der Waals surface area contributed by atoms with Crippen LogP contribution in [-0.2, 0) is 6.42 Å². The Morgan fingerprint density at radius 3 is 2.61 bits per heavy atom. The fraction of sp³-hybridized carbons (Fsp3) is 0.261. The minimum Gasteiger partial charge on any atom is -0.491 e. The van der Waals surface area contributed by atoms with Crippen LogP contribution in [0.25, 0.3) is 15.5 Å². The molecule has 0 fully saturated rings. The zero-order chi connectivity index (χ0) is 23.5. The summed E-state index contributed by atoms with van der Waals surface area (Å²) in [7, 11) is 0. The zero-order valence-corrected chi connectivity index (χ0v) is 20.4. The normalized spacial score (nSPS) is 11.1. The first-order valence-electron chi connectivity index (χ1n) is 10.5. The Morgan fingerprint density at radius 1 is 1.18 bits per heavy atom. The number of aryl methyl sites for hydroxylation is 2. The van der Waals surface area contributed by atoms with Crippen LogP contribution in [0.15, 0.2) is 42.5 Å². The second-order valence-electron chi connectivity index (χ2n) is 7.70. The van der Waals surface area contributed by atoms with Crippen molar-refractivity contribution in [2.75, 3.05) is 5.32 Å². The summed E-state index contributed by atoms with van der Waals surface area (Å²) in [5, 5.41) is 19.9. The van der Waals surface area contributed by atoms with E-state index in [-0.39, 0.29) is 17.1 Å². The predicted octanol–water partition coefficient (Wildman–Crippen LogP) is 4.64. The van der Waals surface area contributed by atoms with Gasteiger partial charge in [0.25, 0.3) is 5.91 Å². The third-order valence-electron chi connectivity index (χ3n) is 4.81. The molecule has 0 bridgehead atoms. The molecule has 2 aromatic heterocycles. The summed E-state index contributed by atoms with van der Waals surface area (Å²) in [5.41, 5.74) is 3.26. The van der Waals surface area contributed by atoms with E-state index in [4.69, 9.17) is 17.0 Å². The highest BCUT2D eigenvalue weighted by molar-refractivity contribution is 7.80. The van der Waals surface area contributed by atoms with Crippen LogP contribution in [0, 0.1) is 6.92 Å². The third-order valence-corrected chi connectivity index (χ3v) is 5.96. The van der Waals surface area contributed by atoms with Crippen molar-refractivity contribution in [2.45, 2.75) is 40.2 Å². The van der Waals surface area contributed by atoms with Crippen LogP contribution in [-0.4, -0.2) is 36.9 Å². The van der Waals surface area contributed by atoms with Gasteiger partial charge < -0.3 is 10.1 Å². The van der Waals surface area contributed by atoms with Crippen molar-refractivity contribution in [3.63, 3.8) is 0 Å². The highest BCUT2D eigenvalue weighted by atomic mass is 32.1. The molecule has 2 N–H and O–H groups in total. The second-order valence-corrected chi connectivity index (χ2v) is 9.06. The maximum Gasteiger partial charge on any atom is 0.257 e. The summed E-state index contributed by atoms with van der Waals surface area (Å²) in [4.78, 5) is 13.3. The second kappa shape index (κ2) is 9.63. The van der Waals surface area contributed by atoms with Crippen LogP contribution < -0.4 is 15.4 Å².